The lowest BCUT2D eigenvalue weighted by Gasteiger charge is -2.59. The minimum Gasteiger partial charge on any atom is -0.465 e. The summed E-state index contributed by atoms with van der Waals surface area (Å²) in [6.07, 6.45) is 10.1. The number of aliphatic hydroxyl groups is 1. The number of rotatable bonds is 4. The second-order valence-corrected chi connectivity index (χ2v) is 10.3. The molecule has 0 amide bonds. The number of carbonyl (C=O) groups is 2. The van der Waals surface area contributed by atoms with E-state index in [1.54, 1.807) is 0 Å². The largest absolute Gasteiger partial charge is 0.465 e. The fourth-order valence-corrected chi connectivity index (χ4v) is 7.69. The number of esters is 2. The van der Waals surface area contributed by atoms with E-state index in [9.17, 15) is 14.7 Å². The zero-order valence-electron chi connectivity index (χ0n) is 18.6. The van der Waals surface area contributed by atoms with Crippen LogP contribution in [0.25, 0.3) is 0 Å². The van der Waals surface area contributed by atoms with Gasteiger partial charge in [-0.3, -0.25) is 9.59 Å². The molecule has 0 heterocycles. The van der Waals surface area contributed by atoms with Crippen molar-refractivity contribution in [2.24, 2.45) is 34.5 Å². The number of ether oxygens (including phenoxy) is 2. The van der Waals surface area contributed by atoms with Crippen LogP contribution in [-0.4, -0.2) is 35.9 Å². The first-order chi connectivity index (χ1) is 14.2. The Morgan fingerprint density at radius 3 is 2.60 bits per heavy atom. The summed E-state index contributed by atoms with van der Waals surface area (Å²) < 4.78 is 11.2. The van der Waals surface area contributed by atoms with E-state index in [1.807, 2.05) is 6.08 Å². The highest BCUT2D eigenvalue weighted by atomic mass is 16.5. The molecule has 0 aromatic heterocycles. The molecule has 0 aliphatic heterocycles. The van der Waals surface area contributed by atoms with E-state index in [-0.39, 0.29) is 40.7 Å². The molecular formula is C25H36O5. The van der Waals surface area contributed by atoms with Gasteiger partial charge in [0, 0.05) is 25.7 Å². The van der Waals surface area contributed by atoms with Crippen LogP contribution in [-0.2, 0) is 19.1 Å². The van der Waals surface area contributed by atoms with Crippen LogP contribution in [0, 0.1) is 34.5 Å². The van der Waals surface area contributed by atoms with E-state index in [0.717, 1.165) is 44.1 Å². The predicted octanol–water partition coefficient (Wildman–Crippen LogP) is 4.20. The topological polar surface area (TPSA) is 72.8 Å². The normalized spacial score (nSPS) is 44.7. The third-order valence-electron chi connectivity index (χ3n) is 9.03. The molecule has 0 bridgehead atoms. The van der Waals surface area contributed by atoms with Crippen LogP contribution in [0.3, 0.4) is 0 Å². The van der Waals surface area contributed by atoms with Crippen molar-refractivity contribution in [3.05, 3.63) is 24.3 Å². The molecule has 0 aromatic carbocycles. The molecule has 0 saturated heterocycles. The average Bonchev–Trinajstić information content (AvgIpc) is 3.02. The van der Waals surface area contributed by atoms with Crippen molar-refractivity contribution in [1.82, 2.24) is 0 Å². The summed E-state index contributed by atoms with van der Waals surface area (Å²) >= 11 is 0. The Labute approximate surface area is 179 Å². The van der Waals surface area contributed by atoms with Gasteiger partial charge >= 0.3 is 11.9 Å². The molecule has 30 heavy (non-hydrogen) atoms. The summed E-state index contributed by atoms with van der Waals surface area (Å²) in [5.41, 5.74) is 1.06. The summed E-state index contributed by atoms with van der Waals surface area (Å²) in [6, 6.07) is 0. The minimum atomic E-state index is -0.500. The number of carbonyl (C=O) groups excluding carboxylic acids is 2. The Bertz CT molecular complexity index is 757. The molecule has 166 valence electrons. The van der Waals surface area contributed by atoms with Gasteiger partial charge in [-0.15, -0.1) is 6.58 Å². The number of hydrogen-bond donors (Lipinski definition) is 1. The summed E-state index contributed by atoms with van der Waals surface area (Å²) in [6.45, 7) is 9.74. The lowest BCUT2D eigenvalue weighted by Crippen LogP contribution is -2.57. The minimum absolute atomic E-state index is 0.159. The Balaban J connectivity index is 1.70. The third kappa shape index (κ3) is 3.34. The first-order valence-corrected chi connectivity index (χ1v) is 11.5. The molecule has 0 aromatic rings. The van der Waals surface area contributed by atoms with Crippen molar-refractivity contribution in [1.29, 1.82) is 0 Å². The zero-order valence-corrected chi connectivity index (χ0v) is 18.6. The van der Waals surface area contributed by atoms with Crippen molar-refractivity contribution >= 4 is 11.9 Å². The van der Waals surface area contributed by atoms with Crippen molar-refractivity contribution in [2.75, 3.05) is 6.61 Å². The quantitative estimate of drug-likeness (QED) is 0.549. The summed E-state index contributed by atoms with van der Waals surface area (Å²) in [4.78, 5) is 23.2. The second kappa shape index (κ2) is 7.81. The molecule has 4 aliphatic carbocycles. The second-order valence-electron chi connectivity index (χ2n) is 10.3. The molecule has 5 heteroatoms. The van der Waals surface area contributed by atoms with Crippen molar-refractivity contribution in [3.8, 4) is 0 Å². The van der Waals surface area contributed by atoms with Gasteiger partial charge in [0.05, 0.1) is 6.10 Å². The fourth-order valence-electron chi connectivity index (χ4n) is 7.69. The van der Waals surface area contributed by atoms with E-state index >= 15 is 0 Å². The van der Waals surface area contributed by atoms with Crippen molar-refractivity contribution < 1.29 is 24.2 Å². The molecule has 8 atom stereocenters. The molecular weight excluding hydrogens is 380 g/mol. The van der Waals surface area contributed by atoms with E-state index in [4.69, 9.17) is 9.47 Å². The molecule has 0 spiro atoms. The van der Waals surface area contributed by atoms with Gasteiger partial charge in [-0.05, 0) is 67.6 Å². The van der Waals surface area contributed by atoms with Gasteiger partial charge in [0.15, 0.2) is 0 Å². The molecule has 4 aliphatic rings. The smallest absolute Gasteiger partial charge is 0.302 e. The maximum absolute atomic E-state index is 11.7. The molecule has 3 saturated carbocycles. The van der Waals surface area contributed by atoms with Crippen LogP contribution in [0.1, 0.15) is 65.7 Å². The zero-order chi connectivity index (χ0) is 21.7. The van der Waals surface area contributed by atoms with Crippen molar-refractivity contribution in [3.63, 3.8) is 0 Å². The molecule has 0 radical (unpaired) electrons. The van der Waals surface area contributed by atoms with Gasteiger partial charge in [0.1, 0.15) is 12.7 Å². The van der Waals surface area contributed by atoms with E-state index in [1.165, 1.54) is 13.8 Å². The van der Waals surface area contributed by atoms with Gasteiger partial charge < -0.3 is 14.6 Å². The number of aliphatic hydroxyl groups excluding tert-OH is 1. The number of allylic oxidation sites excluding steroid dienone is 1. The van der Waals surface area contributed by atoms with Crippen LogP contribution >= 0.6 is 0 Å². The summed E-state index contributed by atoms with van der Waals surface area (Å²) in [7, 11) is 0. The Morgan fingerprint density at radius 1 is 1.17 bits per heavy atom. The van der Waals surface area contributed by atoms with Gasteiger partial charge in [-0.1, -0.05) is 24.6 Å². The highest BCUT2D eigenvalue weighted by molar-refractivity contribution is 5.66. The Kier molecular flexibility index (Phi) is 5.63. The molecule has 3 unspecified atom stereocenters. The van der Waals surface area contributed by atoms with Crippen LogP contribution in [0.4, 0.5) is 0 Å². The van der Waals surface area contributed by atoms with Crippen LogP contribution < -0.4 is 0 Å². The molecule has 5 nitrogen and oxygen atoms in total. The van der Waals surface area contributed by atoms with E-state index in [0.29, 0.717) is 24.9 Å². The lowest BCUT2D eigenvalue weighted by atomic mass is 9.46. The van der Waals surface area contributed by atoms with Gasteiger partial charge in [-0.25, -0.2) is 0 Å². The third-order valence-corrected chi connectivity index (χ3v) is 9.03. The number of hydrogen-bond acceptors (Lipinski definition) is 5. The highest BCUT2D eigenvalue weighted by Crippen LogP contribution is 2.66. The molecule has 1 N–H and O–H groups in total. The van der Waals surface area contributed by atoms with E-state index in [2.05, 4.69) is 19.6 Å². The highest BCUT2D eigenvalue weighted by Gasteiger charge is 2.61. The summed E-state index contributed by atoms with van der Waals surface area (Å²) in [5, 5.41) is 11.3. The monoisotopic (exact) mass is 416 g/mol. The van der Waals surface area contributed by atoms with Gasteiger partial charge in [-0.2, -0.15) is 0 Å². The fraction of sp³-hybridized carbons (Fsp3) is 0.760. The van der Waals surface area contributed by atoms with Gasteiger partial charge in [0.25, 0.3) is 0 Å². The first kappa shape index (κ1) is 21.6. The lowest BCUT2D eigenvalue weighted by molar-refractivity contribution is -0.157. The van der Waals surface area contributed by atoms with Crippen LogP contribution in [0.2, 0.25) is 0 Å². The molecule has 3 fully saturated rings. The van der Waals surface area contributed by atoms with Crippen molar-refractivity contribution in [2.45, 2.75) is 77.9 Å². The Hall–Kier alpha value is -1.62. The van der Waals surface area contributed by atoms with E-state index < -0.39 is 6.10 Å². The molecule has 4 rings (SSSR count). The first-order valence-electron chi connectivity index (χ1n) is 11.5. The maximum Gasteiger partial charge on any atom is 0.302 e. The SMILES string of the molecule is C=C[C@H]1CCC2C3C(CC[C@@]21C)[C@@]1(COC(C)=O)CC[C@@H](OC(C)=O)CC1=C[C@H]3O. The average molecular weight is 417 g/mol. The van der Waals surface area contributed by atoms with Crippen LogP contribution in [0.15, 0.2) is 24.3 Å². The number of fused-ring (bicyclic) bond motifs is 5. The maximum atomic E-state index is 11.7. The van der Waals surface area contributed by atoms with Crippen LogP contribution in [0.5, 0.6) is 0 Å². The van der Waals surface area contributed by atoms with Gasteiger partial charge in [0.2, 0.25) is 0 Å². The summed E-state index contributed by atoms with van der Waals surface area (Å²) in [5.74, 6) is 0.890. The Morgan fingerprint density at radius 2 is 1.93 bits per heavy atom. The predicted molar refractivity (Wildman–Crippen MR) is 113 cm³/mol. The standard InChI is InChI=1S/C25H36O5/c1-5-17-6-7-20-23-21(9-10-24(17,20)4)25(14-29-15(2)26)11-8-19(30-16(3)27)12-18(25)13-22(23)28/h5,13,17,19-23,28H,1,6-12,14H2,2-4H3/t17-,19+,20?,21?,22+,23?,24+,25+/m0/s1.